The third kappa shape index (κ3) is 11.6. The van der Waals surface area contributed by atoms with Crippen molar-refractivity contribution >= 4 is 91.2 Å². The number of nitrogens with zero attached hydrogens (tertiary/aromatic N) is 10. The van der Waals surface area contributed by atoms with E-state index in [1.54, 1.807) is 0 Å². The number of hydrogen-bond acceptors (Lipinski definition) is 10. The van der Waals surface area contributed by atoms with Crippen LogP contribution in [-0.4, -0.2) is 192 Å². The van der Waals surface area contributed by atoms with Gasteiger partial charge in [0.15, 0.2) is 23.3 Å². The number of rotatable bonds is 16. The van der Waals surface area contributed by atoms with E-state index < -0.39 is 0 Å². The van der Waals surface area contributed by atoms with Gasteiger partial charge in [-0.05, 0) is 72.8 Å². The number of thioether (sulfide) groups is 4. The van der Waals surface area contributed by atoms with Gasteiger partial charge in [-0.25, -0.2) is 29.9 Å². The third-order valence-corrected chi connectivity index (χ3v) is 15.7. The number of nitrogens with one attached hydrogen (secondary N) is 2. The summed E-state index contributed by atoms with van der Waals surface area (Å²) in [6.07, 6.45) is 0. The van der Waals surface area contributed by atoms with Crippen molar-refractivity contribution in [1.82, 2.24) is 39.9 Å². The molecule has 9 rings (SSSR count). The summed E-state index contributed by atoms with van der Waals surface area (Å²) >= 11 is 7.46. The highest BCUT2D eigenvalue weighted by Crippen LogP contribution is 2.40. The molecule has 3 aromatic heterocycles. The average molecular weight is 987 g/mol. The number of hydrogen-bond donors (Lipinski definition) is 2. The van der Waals surface area contributed by atoms with Crippen LogP contribution in [0.3, 0.4) is 0 Å². The van der Waals surface area contributed by atoms with Gasteiger partial charge in [0.1, 0.15) is 22.6 Å². The van der Waals surface area contributed by atoms with E-state index in [0.717, 1.165) is 111 Å². The molecule has 4 aromatic carbocycles. The van der Waals surface area contributed by atoms with Crippen molar-refractivity contribution in [3.05, 3.63) is 72.8 Å². The van der Waals surface area contributed by atoms with E-state index in [0.29, 0.717) is 45.9 Å². The molecule has 12 nitrogen and oxygen atoms in total. The second-order valence-electron chi connectivity index (χ2n) is 21.9. The fourth-order valence-corrected chi connectivity index (χ4v) is 12.8. The standard InChI is InChI=1S/C52H66N12S4/c1-61(2,3)21-25-65-33-13-17-37-41(29-33)49-53-45(37)58-50-43-31-35(67-27-23-63(7,8)9)15-19-39(43)47(55-50)60-52-44-32-36(68-28-24-64(10,11)12)16-20-40(44)48(56-52)59-51-42-30-34(66-26-22-62(4,5)6)14-18-38(42)46(54-51)57-49/h13-20,29-32H,21-28H2,1-12H3,(H2,53,54,55,56,57,58,59,60)/q+4. The molecular formula is C52H66N12S4+4. The van der Waals surface area contributed by atoms with Crippen LogP contribution in [0.15, 0.2) is 92.4 Å². The van der Waals surface area contributed by atoms with Gasteiger partial charge in [-0.1, -0.05) is 0 Å². The van der Waals surface area contributed by atoms with E-state index in [1.165, 1.54) is 19.6 Å². The number of quaternary nitrogens is 4. The van der Waals surface area contributed by atoms with E-state index in [9.17, 15) is 0 Å². The number of H-pyrrole nitrogens is 2. The van der Waals surface area contributed by atoms with Crippen LogP contribution in [-0.2, 0) is 0 Å². The molecule has 0 fully saturated rings. The quantitative estimate of drug-likeness (QED) is 0.0718. The lowest BCUT2D eigenvalue weighted by atomic mass is 10.1. The minimum absolute atomic E-state index is 0.609. The Morgan fingerprint density at radius 1 is 0.324 bits per heavy atom. The Morgan fingerprint density at radius 3 is 0.926 bits per heavy atom. The largest absolute Gasteiger partial charge is 0.330 e. The highest BCUT2D eigenvalue weighted by atomic mass is 32.2. The minimum atomic E-state index is 0.609. The van der Waals surface area contributed by atoms with Crippen molar-refractivity contribution in [3.8, 4) is 45.6 Å². The van der Waals surface area contributed by atoms with Gasteiger partial charge in [0.05, 0.1) is 111 Å². The summed E-state index contributed by atoms with van der Waals surface area (Å²) in [5.41, 5.74) is 6.59. The number of aromatic amines is 2. The average Bonchev–Trinajstić information content (AvgIpc) is 3.97. The van der Waals surface area contributed by atoms with E-state index >= 15 is 0 Å². The zero-order valence-corrected chi connectivity index (χ0v) is 45.0. The number of fused-ring (bicyclic) bond motifs is 20. The second-order valence-corrected chi connectivity index (χ2v) is 26.6. The summed E-state index contributed by atoms with van der Waals surface area (Å²) in [6.45, 7) is 4.19. The van der Waals surface area contributed by atoms with Crippen LogP contribution >= 0.6 is 47.0 Å². The first-order valence-electron chi connectivity index (χ1n) is 23.2. The fourth-order valence-electron chi connectivity index (χ4n) is 7.82. The lowest BCUT2D eigenvalue weighted by molar-refractivity contribution is -0.867. The Kier molecular flexibility index (Phi) is 13.6. The molecule has 2 N–H and O–H groups in total. The second kappa shape index (κ2) is 19.0. The fraction of sp³-hybridized carbons (Fsp3) is 0.385. The topological polar surface area (TPSA) is 109 Å². The number of benzene rings is 4. The molecule has 7 aromatic rings. The molecule has 0 amide bonds. The summed E-state index contributed by atoms with van der Waals surface area (Å²) in [5, 5.41) is 3.91. The zero-order chi connectivity index (χ0) is 48.2. The van der Waals surface area contributed by atoms with Gasteiger partial charge in [-0.15, -0.1) is 47.0 Å². The smallest absolute Gasteiger partial charge is 0.164 e. The molecule has 354 valence electrons. The van der Waals surface area contributed by atoms with Gasteiger partial charge in [0.25, 0.3) is 0 Å². The zero-order valence-electron chi connectivity index (χ0n) is 41.7. The van der Waals surface area contributed by atoms with Crippen molar-refractivity contribution in [3.63, 3.8) is 0 Å². The molecule has 0 atom stereocenters. The molecule has 2 aliphatic heterocycles. The Hall–Kier alpha value is -4.52. The van der Waals surface area contributed by atoms with E-state index in [-0.39, 0.29) is 0 Å². The van der Waals surface area contributed by atoms with Crippen molar-refractivity contribution in [1.29, 1.82) is 0 Å². The molecule has 0 aliphatic carbocycles. The van der Waals surface area contributed by atoms with Crippen LogP contribution < -0.4 is 0 Å². The van der Waals surface area contributed by atoms with Crippen molar-refractivity contribution in [2.75, 3.05) is 134 Å². The van der Waals surface area contributed by atoms with E-state index in [4.69, 9.17) is 29.9 Å². The highest BCUT2D eigenvalue weighted by molar-refractivity contribution is 8.00. The van der Waals surface area contributed by atoms with Gasteiger partial charge < -0.3 is 27.9 Å². The van der Waals surface area contributed by atoms with Gasteiger partial charge in [0, 0.05) is 86.4 Å². The lowest BCUT2D eigenvalue weighted by Crippen LogP contribution is -2.36. The molecule has 8 bridgehead atoms. The Morgan fingerprint density at radius 2 is 0.603 bits per heavy atom. The first kappa shape index (κ1) is 48.5. The van der Waals surface area contributed by atoms with Crippen molar-refractivity contribution < 1.29 is 17.9 Å². The predicted octanol–water partition coefficient (Wildman–Crippen LogP) is 10.1. The Bertz CT molecular complexity index is 2990. The molecule has 68 heavy (non-hydrogen) atoms. The monoisotopic (exact) mass is 986 g/mol. The first-order valence-corrected chi connectivity index (χ1v) is 27.2. The molecule has 0 spiro atoms. The first-order chi connectivity index (χ1) is 32.1. The van der Waals surface area contributed by atoms with E-state index in [1.807, 2.05) is 47.0 Å². The molecular weight excluding hydrogens is 921 g/mol. The molecule has 0 saturated heterocycles. The highest BCUT2D eigenvalue weighted by Gasteiger charge is 2.24. The summed E-state index contributed by atoms with van der Waals surface area (Å²) in [4.78, 5) is 44.2. The van der Waals surface area contributed by atoms with Crippen molar-refractivity contribution in [2.24, 2.45) is 0 Å². The van der Waals surface area contributed by atoms with Crippen LogP contribution in [0.4, 0.5) is 0 Å². The van der Waals surface area contributed by atoms with Crippen LogP contribution in [0, 0.1) is 0 Å². The SMILES string of the molecule is C[N+](C)(C)CCSc1ccc2c(c1)-c1nc-2nc2[nH]c(nc3nc(nc4[nH]c(n1)c1ccc(SCC[N+](C)(C)C)cc41)-c1ccc(SCC[N+](C)(C)C)cc1-3)c1ccc(SCC[N+](C)(C)C)cc21. The molecule has 16 heteroatoms. The summed E-state index contributed by atoms with van der Waals surface area (Å²) in [7, 11) is 26.8. The molecule has 0 unspecified atom stereocenters. The van der Waals surface area contributed by atoms with Crippen LogP contribution in [0.1, 0.15) is 0 Å². The summed E-state index contributed by atoms with van der Waals surface area (Å²) in [6, 6.07) is 26.4. The van der Waals surface area contributed by atoms with Gasteiger partial charge in [0.2, 0.25) is 0 Å². The number of aromatic nitrogens is 8. The maximum atomic E-state index is 5.39. The molecule has 0 saturated carbocycles. The van der Waals surface area contributed by atoms with Crippen LogP contribution in [0.2, 0.25) is 0 Å². The summed E-state index contributed by atoms with van der Waals surface area (Å²) in [5.74, 6) is 6.42. The van der Waals surface area contributed by atoms with Crippen LogP contribution in [0.5, 0.6) is 0 Å². The Labute approximate surface area is 418 Å². The Balaban J connectivity index is 1.29. The molecule has 0 radical (unpaired) electrons. The van der Waals surface area contributed by atoms with E-state index in [2.05, 4.69) is 167 Å². The lowest BCUT2D eigenvalue weighted by Gasteiger charge is -2.23. The third-order valence-electron chi connectivity index (χ3n) is 11.8. The summed E-state index contributed by atoms with van der Waals surface area (Å²) < 4.78 is 3.62. The van der Waals surface area contributed by atoms with Crippen molar-refractivity contribution in [2.45, 2.75) is 19.6 Å². The normalized spacial score (nSPS) is 13.1. The van der Waals surface area contributed by atoms with Gasteiger partial charge in [-0.3, -0.25) is 0 Å². The predicted molar refractivity (Wildman–Crippen MR) is 291 cm³/mol. The maximum Gasteiger partial charge on any atom is 0.164 e. The maximum absolute atomic E-state index is 5.39. The molecule has 5 heterocycles. The van der Waals surface area contributed by atoms with Gasteiger partial charge in [-0.2, -0.15) is 0 Å². The van der Waals surface area contributed by atoms with Gasteiger partial charge >= 0.3 is 0 Å². The molecule has 2 aliphatic rings. The minimum Gasteiger partial charge on any atom is -0.330 e. The van der Waals surface area contributed by atoms with Crippen LogP contribution in [0.25, 0.3) is 89.7 Å².